The molecule has 0 aliphatic heterocycles. The van der Waals surface area contributed by atoms with E-state index in [1.807, 2.05) is 36.4 Å². The molecular formula is C15H7Cl6N3O. The molecule has 0 amide bonds. The van der Waals surface area contributed by atoms with Crippen LogP contribution >= 0.6 is 69.6 Å². The summed E-state index contributed by atoms with van der Waals surface area (Å²) in [6, 6.07) is 13.1. The third kappa shape index (κ3) is 4.70. The number of nitrogens with zero attached hydrogens (tertiary/aromatic N) is 3. The zero-order valence-electron chi connectivity index (χ0n) is 12.1. The molecule has 25 heavy (non-hydrogen) atoms. The monoisotopic (exact) mass is 455 g/mol. The molecule has 0 N–H and O–H groups in total. The standard InChI is InChI=1S/C15H7Cl6N3O/c16-14(17,18)11-22-12(15(19,20)21)24-13(23-11)25-10-6-5-8-3-1-2-4-9(8)7-10/h1-7H. The first-order valence-electron chi connectivity index (χ1n) is 6.70. The highest BCUT2D eigenvalue weighted by molar-refractivity contribution is 6.67. The number of hydrogen-bond donors (Lipinski definition) is 0. The quantitative estimate of drug-likeness (QED) is 0.414. The van der Waals surface area contributed by atoms with Gasteiger partial charge in [-0.1, -0.05) is 99.9 Å². The first-order valence-corrected chi connectivity index (χ1v) is 8.97. The smallest absolute Gasteiger partial charge is 0.325 e. The Morgan fingerprint density at radius 3 is 1.80 bits per heavy atom. The van der Waals surface area contributed by atoms with Crippen LogP contribution in [0.3, 0.4) is 0 Å². The molecule has 10 heteroatoms. The second-order valence-corrected chi connectivity index (χ2v) is 9.43. The van der Waals surface area contributed by atoms with Gasteiger partial charge in [0.05, 0.1) is 0 Å². The van der Waals surface area contributed by atoms with Gasteiger partial charge in [-0.05, 0) is 22.9 Å². The number of aromatic nitrogens is 3. The van der Waals surface area contributed by atoms with Gasteiger partial charge in [-0.2, -0.15) is 9.97 Å². The normalized spacial score (nSPS) is 12.4. The molecule has 0 unspecified atom stereocenters. The van der Waals surface area contributed by atoms with Crippen LogP contribution in [0.4, 0.5) is 0 Å². The number of ether oxygens (including phenoxy) is 1. The Balaban J connectivity index is 2.03. The van der Waals surface area contributed by atoms with E-state index in [9.17, 15) is 0 Å². The summed E-state index contributed by atoms with van der Waals surface area (Å²) in [5.41, 5.74) is 0. The number of halogens is 6. The first kappa shape index (κ1) is 19.0. The zero-order chi connectivity index (χ0) is 18.2. The molecular weight excluding hydrogens is 451 g/mol. The molecule has 3 rings (SSSR count). The van der Waals surface area contributed by atoms with E-state index in [-0.39, 0.29) is 17.7 Å². The maximum atomic E-state index is 5.83. The molecule has 4 nitrogen and oxygen atoms in total. The van der Waals surface area contributed by atoms with E-state index in [1.165, 1.54) is 0 Å². The number of hydrogen-bond acceptors (Lipinski definition) is 4. The van der Waals surface area contributed by atoms with Crippen LogP contribution < -0.4 is 4.74 Å². The van der Waals surface area contributed by atoms with Crippen LogP contribution in [0.2, 0.25) is 0 Å². The largest absolute Gasteiger partial charge is 0.424 e. The van der Waals surface area contributed by atoms with Crippen molar-refractivity contribution in [3.8, 4) is 11.8 Å². The summed E-state index contributed by atoms with van der Waals surface area (Å²) in [5.74, 6) is 0.0321. The molecule has 0 saturated carbocycles. The van der Waals surface area contributed by atoms with E-state index in [1.54, 1.807) is 6.07 Å². The van der Waals surface area contributed by atoms with E-state index in [4.69, 9.17) is 74.3 Å². The lowest BCUT2D eigenvalue weighted by atomic mass is 10.1. The Kier molecular flexibility index (Phi) is 5.41. The topological polar surface area (TPSA) is 47.9 Å². The lowest BCUT2D eigenvalue weighted by Crippen LogP contribution is -2.16. The number of fused-ring (bicyclic) bond motifs is 1. The fourth-order valence-corrected chi connectivity index (χ4v) is 2.50. The van der Waals surface area contributed by atoms with Crippen molar-refractivity contribution in [3.05, 3.63) is 54.1 Å². The van der Waals surface area contributed by atoms with Crippen molar-refractivity contribution in [3.63, 3.8) is 0 Å². The van der Waals surface area contributed by atoms with E-state index in [0.717, 1.165) is 10.8 Å². The lowest BCUT2D eigenvalue weighted by molar-refractivity contribution is 0.433. The molecule has 0 saturated heterocycles. The fraction of sp³-hybridized carbons (Fsp3) is 0.133. The minimum Gasteiger partial charge on any atom is -0.424 e. The highest BCUT2D eigenvalue weighted by Gasteiger charge is 2.34. The van der Waals surface area contributed by atoms with Crippen LogP contribution in [-0.2, 0) is 7.59 Å². The third-order valence-corrected chi connectivity index (χ3v) is 4.07. The Labute approximate surface area is 172 Å². The minimum absolute atomic E-state index is 0.159. The minimum atomic E-state index is -1.94. The first-order chi connectivity index (χ1) is 11.6. The summed E-state index contributed by atoms with van der Waals surface area (Å²) in [6.45, 7) is 0. The van der Waals surface area contributed by atoms with Crippen molar-refractivity contribution in [2.45, 2.75) is 7.59 Å². The van der Waals surface area contributed by atoms with Gasteiger partial charge in [0.1, 0.15) is 5.75 Å². The third-order valence-electron chi connectivity index (χ3n) is 3.05. The van der Waals surface area contributed by atoms with Crippen molar-refractivity contribution in [1.82, 2.24) is 15.0 Å². The maximum Gasteiger partial charge on any atom is 0.325 e. The zero-order valence-corrected chi connectivity index (χ0v) is 16.6. The van der Waals surface area contributed by atoms with E-state index in [2.05, 4.69) is 15.0 Å². The van der Waals surface area contributed by atoms with Gasteiger partial charge in [-0.25, -0.2) is 4.98 Å². The average Bonchev–Trinajstić information content (AvgIpc) is 2.53. The molecule has 130 valence electrons. The molecule has 0 bridgehead atoms. The van der Waals surface area contributed by atoms with Gasteiger partial charge >= 0.3 is 6.01 Å². The average molecular weight is 458 g/mol. The van der Waals surface area contributed by atoms with Crippen LogP contribution in [0.5, 0.6) is 11.8 Å². The van der Waals surface area contributed by atoms with Crippen molar-refractivity contribution >= 4 is 80.4 Å². The Morgan fingerprint density at radius 1 is 0.680 bits per heavy atom. The Hall–Kier alpha value is -0.750. The summed E-state index contributed by atoms with van der Waals surface area (Å²) >= 11 is 35.0. The molecule has 2 aromatic carbocycles. The van der Waals surface area contributed by atoms with Crippen LogP contribution in [0, 0.1) is 0 Å². The van der Waals surface area contributed by atoms with Gasteiger partial charge < -0.3 is 4.74 Å². The maximum absolute atomic E-state index is 5.83. The van der Waals surface area contributed by atoms with Crippen LogP contribution in [0.25, 0.3) is 10.8 Å². The van der Waals surface area contributed by atoms with Crippen LogP contribution in [0.1, 0.15) is 11.6 Å². The van der Waals surface area contributed by atoms with Crippen molar-refractivity contribution in [2.24, 2.45) is 0 Å². The molecule has 1 heterocycles. The molecule has 0 aliphatic carbocycles. The second-order valence-electron chi connectivity index (χ2n) is 4.87. The van der Waals surface area contributed by atoms with Gasteiger partial charge in [-0.15, -0.1) is 0 Å². The van der Waals surface area contributed by atoms with E-state index in [0.29, 0.717) is 5.75 Å². The van der Waals surface area contributed by atoms with Crippen molar-refractivity contribution in [1.29, 1.82) is 0 Å². The van der Waals surface area contributed by atoms with E-state index < -0.39 is 7.59 Å². The summed E-state index contributed by atoms with van der Waals surface area (Å²) in [7, 11) is 0. The van der Waals surface area contributed by atoms with Gasteiger partial charge in [0.15, 0.2) is 11.6 Å². The predicted molar refractivity (Wildman–Crippen MR) is 102 cm³/mol. The SMILES string of the molecule is ClC(Cl)(Cl)c1nc(Oc2ccc3ccccc3c2)nc(C(Cl)(Cl)Cl)n1. The van der Waals surface area contributed by atoms with Crippen molar-refractivity contribution < 1.29 is 4.74 Å². The number of rotatable bonds is 2. The summed E-state index contributed by atoms with van der Waals surface area (Å²) in [5, 5.41) is 2.02. The summed E-state index contributed by atoms with van der Waals surface area (Å²) < 4.78 is 1.77. The summed E-state index contributed by atoms with van der Waals surface area (Å²) in [4.78, 5) is 11.8. The van der Waals surface area contributed by atoms with Crippen molar-refractivity contribution in [2.75, 3.05) is 0 Å². The summed E-state index contributed by atoms with van der Waals surface area (Å²) in [6.07, 6.45) is 0. The molecule has 0 aliphatic rings. The second kappa shape index (κ2) is 7.10. The number of alkyl halides is 6. The van der Waals surface area contributed by atoms with Gasteiger partial charge in [-0.3, -0.25) is 0 Å². The Bertz CT molecular complexity index is 891. The molecule has 3 aromatic rings. The predicted octanol–water partition coefficient (Wildman–Crippen LogP) is 6.47. The van der Waals surface area contributed by atoms with Gasteiger partial charge in [0.2, 0.25) is 7.59 Å². The Morgan fingerprint density at radius 2 is 1.24 bits per heavy atom. The fourth-order valence-electron chi connectivity index (χ4n) is 1.99. The van der Waals surface area contributed by atoms with Gasteiger partial charge in [0, 0.05) is 0 Å². The highest BCUT2D eigenvalue weighted by Crippen LogP contribution is 2.41. The van der Waals surface area contributed by atoms with Gasteiger partial charge in [0.25, 0.3) is 0 Å². The van der Waals surface area contributed by atoms with E-state index >= 15 is 0 Å². The lowest BCUT2D eigenvalue weighted by Gasteiger charge is -2.15. The molecule has 1 aromatic heterocycles. The molecule has 0 atom stereocenters. The van der Waals surface area contributed by atoms with Crippen LogP contribution in [0.15, 0.2) is 42.5 Å². The molecule has 0 spiro atoms. The molecule has 0 radical (unpaired) electrons. The number of benzene rings is 2. The molecule has 0 fully saturated rings. The highest BCUT2D eigenvalue weighted by atomic mass is 35.6. The van der Waals surface area contributed by atoms with Crippen LogP contribution in [-0.4, -0.2) is 15.0 Å².